The van der Waals surface area contributed by atoms with Crippen molar-refractivity contribution in [3.05, 3.63) is 18.0 Å². The maximum Gasteiger partial charge on any atom is 0.0670 e. The molecule has 0 N–H and O–H groups in total. The molecule has 0 atom stereocenters. The van der Waals surface area contributed by atoms with E-state index in [4.69, 9.17) is 5.26 Å². The van der Waals surface area contributed by atoms with Gasteiger partial charge in [-0.1, -0.05) is 0 Å². The van der Waals surface area contributed by atoms with Crippen LogP contribution in [0.5, 0.6) is 0 Å². The van der Waals surface area contributed by atoms with Gasteiger partial charge in [0.15, 0.2) is 0 Å². The summed E-state index contributed by atoms with van der Waals surface area (Å²) in [6.07, 6.45) is 6.62. The van der Waals surface area contributed by atoms with Gasteiger partial charge in [0.2, 0.25) is 0 Å². The minimum absolute atomic E-state index is 0.463. The van der Waals surface area contributed by atoms with E-state index in [0.29, 0.717) is 18.5 Å². The predicted molar refractivity (Wildman–Crippen MR) is 66.5 cm³/mol. The van der Waals surface area contributed by atoms with E-state index >= 15 is 0 Å². The molecular weight excluding hydrogens is 212 g/mol. The first-order valence-electron chi connectivity index (χ1n) is 6.34. The van der Waals surface area contributed by atoms with Gasteiger partial charge < -0.3 is 4.90 Å². The van der Waals surface area contributed by atoms with E-state index < -0.39 is 0 Å². The molecule has 1 aromatic heterocycles. The zero-order valence-corrected chi connectivity index (χ0v) is 10.6. The Balaban J connectivity index is 1.94. The molecule has 2 rings (SSSR count). The minimum Gasteiger partial charge on any atom is -0.301 e. The van der Waals surface area contributed by atoms with Crippen LogP contribution in [0.15, 0.2) is 12.4 Å². The van der Waals surface area contributed by atoms with Crippen LogP contribution in [0, 0.1) is 11.3 Å². The van der Waals surface area contributed by atoms with Gasteiger partial charge in [0, 0.05) is 30.9 Å². The lowest BCUT2D eigenvalue weighted by atomic mass is 10.0. The van der Waals surface area contributed by atoms with Crippen LogP contribution < -0.4 is 0 Å². The largest absolute Gasteiger partial charge is 0.301 e. The molecule has 4 heteroatoms. The molecule has 0 aliphatic carbocycles. The molecule has 2 heterocycles. The van der Waals surface area contributed by atoms with Crippen molar-refractivity contribution in [2.45, 2.75) is 45.2 Å². The van der Waals surface area contributed by atoms with Gasteiger partial charge in [0.05, 0.1) is 24.7 Å². The molecule has 92 valence electrons. The lowest BCUT2D eigenvalue weighted by Crippen LogP contribution is -2.39. The maximum absolute atomic E-state index is 8.64. The van der Waals surface area contributed by atoms with E-state index in [1.807, 2.05) is 17.1 Å². The Morgan fingerprint density at radius 3 is 2.76 bits per heavy atom. The third kappa shape index (κ3) is 2.86. The van der Waals surface area contributed by atoms with Crippen molar-refractivity contribution < 1.29 is 0 Å². The van der Waals surface area contributed by atoms with Crippen molar-refractivity contribution in [2.24, 2.45) is 0 Å². The van der Waals surface area contributed by atoms with Crippen molar-refractivity contribution in [1.29, 1.82) is 5.26 Å². The Kier molecular flexibility index (Phi) is 3.80. The van der Waals surface area contributed by atoms with Crippen molar-refractivity contribution in [3.63, 3.8) is 0 Å². The van der Waals surface area contributed by atoms with Gasteiger partial charge in [-0.15, -0.1) is 0 Å². The molecule has 0 radical (unpaired) electrons. The number of hydrogen-bond acceptors (Lipinski definition) is 3. The lowest BCUT2D eigenvalue weighted by molar-refractivity contribution is 0.147. The third-order valence-corrected chi connectivity index (χ3v) is 3.54. The quantitative estimate of drug-likeness (QED) is 0.800. The standard InChI is InChI=1S/C13H20N4/c1-11(2)16-7-4-13(5-8-16)17-10-12(3-6-14)9-15-17/h9-11,13H,3-5,7-8H2,1-2H3. The number of rotatable bonds is 3. The summed E-state index contributed by atoms with van der Waals surface area (Å²) in [4.78, 5) is 2.51. The average molecular weight is 232 g/mol. The van der Waals surface area contributed by atoms with Crippen LogP contribution in [0.4, 0.5) is 0 Å². The van der Waals surface area contributed by atoms with E-state index in [2.05, 4.69) is 29.9 Å². The number of piperidine rings is 1. The second kappa shape index (κ2) is 5.33. The number of nitriles is 1. The number of hydrogen-bond donors (Lipinski definition) is 0. The van der Waals surface area contributed by atoms with E-state index in [1.54, 1.807) is 0 Å². The first kappa shape index (κ1) is 12.1. The second-order valence-corrected chi connectivity index (χ2v) is 5.02. The smallest absolute Gasteiger partial charge is 0.0670 e. The molecule has 0 amide bonds. The molecule has 0 saturated carbocycles. The molecule has 0 aromatic carbocycles. The molecule has 1 fully saturated rings. The summed E-state index contributed by atoms with van der Waals surface area (Å²) in [5.41, 5.74) is 1.03. The molecule has 1 saturated heterocycles. The molecule has 4 nitrogen and oxygen atoms in total. The zero-order valence-electron chi connectivity index (χ0n) is 10.6. The van der Waals surface area contributed by atoms with Crippen LogP contribution in [0.1, 0.15) is 38.3 Å². The SMILES string of the molecule is CC(C)N1CCC(n2cc(CC#N)cn2)CC1. The topological polar surface area (TPSA) is 44.9 Å². The summed E-state index contributed by atoms with van der Waals surface area (Å²) >= 11 is 0. The fraction of sp³-hybridized carbons (Fsp3) is 0.692. The number of nitrogens with zero attached hydrogens (tertiary/aromatic N) is 4. The van der Waals surface area contributed by atoms with Crippen LogP contribution in [0.25, 0.3) is 0 Å². The Morgan fingerprint density at radius 1 is 1.47 bits per heavy atom. The van der Waals surface area contributed by atoms with Crippen LogP contribution >= 0.6 is 0 Å². The highest BCUT2D eigenvalue weighted by atomic mass is 15.3. The molecule has 0 spiro atoms. The van der Waals surface area contributed by atoms with Crippen LogP contribution in [0.2, 0.25) is 0 Å². The van der Waals surface area contributed by atoms with Crippen molar-refractivity contribution in [2.75, 3.05) is 13.1 Å². The van der Waals surface area contributed by atoms with E-state index in [0.717, 1.165) is 31.5 Å². The monoisotopic (exact) mass is 232 g/mol. The Hall–Kier alpha value is -1.34. The zero-order chi connectivity index (χ0) is 12.3. The van der Waals surface area contributed by atoms with Gasteiger partial charge in [-0.2, -0.15) is 10.4 Å². The van der Waals surface area contributed by atoms with Gasteiger partial charge in [0.25, 0.3) is 0 Å². The first-order valence-corrected chi connectivity index (χ1v) is 6.34. The highest BCUT2D eigenvalue weighted by Gasteiger charge is 2.22. The van der Waals surface area contributed by atoms with Crippen molar-refractivity contribution in [1.82, 2.24) is 14.7 Å². The van der Waals surface area contributed by atoms with Gasteiger partial charge in [-0.3, -0.25) is 4.68 Å². The maximum atomic E-state index is 8.64. The van der Waals surface area contributed by atoms with Gasteiger partial charge in [-0.25, -0.2) is 0 Å². The summed E-state index contributed by atoms with van der Waals surface area (Å²) in [5, 5.41) is 13.0. The van der Waals surface area contributed by atoms with Crippen LogP contribution in [-0.4, -0.2) is 33.8 Å². The highest BCUT2D eigenvalue weighted by molar-refractivity contribution is 5.10. The molecule has 17 heavy (non-hydrogen) atoms. The molecule has 0 bridgehead atoms. The molecule has 0 unspecified atom stereocenters. The molecule has 1 aliphatic heterocycles. The minimum atomic E-state index is 0.463. The summed E-state index contributed by atoms with van der Waals surface area (Å²) in [5.74, 6) is 0. The lowest BCUT2D eigenvalue weighted by Gasteiger charge is -2.34. The summed E-state index contributed by atoms with van der Waals surface area (Å²) in [6, 6.07) is 3.31. The normalized spacial score (nSPS) is 18.5. The number of likely N-dealkylation sites (tertiary alicyclic amines) is 1. The van der Waals surface area contributed by atoms with Crippen LogP contribution in [-0.2, 0) is 6.42 Å². The van der Waals surface area contributed by atoms with Crippen molar-refractivity contribution in [3.8, 4) is 6.07 Å². The predicted octanol–water partition coefficient (Wildman–Crippen LogP) is 1.99. The van der Waals surface area contributed by atoms with Crippen molar-refractivity contribution >= 4 is 0 Å². The van der Waals surface area contributed by atoms with Crippen LogP contribution in [0.3, 0.4) is 0 Å². The molecule has 1 aromatic rings. The second-order valence-electron chi connectivity index (χ2n) is 5.02. The fourth-order valence-electron chi connectivity index (χ4n) is 2.43. The molecule has 1 aliphatic rings. The Labute approximate surface area is 103 Å². The third-order valence-electron chi connectivity index (χ3n) is 3.54. The number of aromatic nitrogens is 2. The molecular formula is C13H20N4. The summed E-state index contributed by atoms with van der Waals surface area (Å²) < 4.78 is 2.05. The summed E-state index contributed by atoms with van der Waals surface area (Å²) in [7, 11) is 0. The summed E-state index contributed by atoms with van der Waals surface area (Å²) in [6.45, 7) is 6.80. The van der Waals surface area contributed by atoms with E-state index in [-0.39, 0.29) is 0 Å². The average Bonchev–Trinajstić information content (AvgIpc) is 2.78. The van der Waals surface area contributed by atoms with Gasteiger partial charge in [0.1, 0.15) is 0 Å². The fourth-order valence-corrected chi connectivity index (χ4v) is 2.43. The first-order chi connectivity index (χ1) is 8.20. The Bertz CT molecular complexity index is 394. The van der Waals surface area contributed by atoms with E-state index in [1.165, 1.54) is 0 Å². The Morgan fingerprint density at radius 2 is 2.18 bits per heavy atom. The van der Waals surface area contributed by atoms with Gasteiger partial charge >= 0.3 is 0 Å². The van der Waals surface area contributed by atoms with Gasteiger partial charge in [-0.05, 0) is 26.7 Å². The highest BCUT2D eigenvalue weighted by Crippen LogP contribution is 2.23. The van der Waals surface area contributed by atoms with E-state index in [9.17, 15) is 0 Å².